The number of hydrogen-bond acceptors (Lipinski definition) is 3. The van der Waals surface area contributed by atoms with E-state index in [-0.39, 0.29) is 18.9 Å². The van der Waals surface area contributed by atoms with E-state index in [0.29, 0.717) is 0 Å². The van der Waals surface area contributed by atoms with Crippen LogP contribution in [0.15, 0.2) is 12.1 Å². The van der Waals surface area contributed by atoms with Crippen LogP contribution < -0.4 is 10.1 Å². The molecule has 0 aliphatic carbocycles. The van der Waals surface area contributed by atoms with Gasteiger partial charge in [0, 0.05) is 0 Å². The van der Waals surface area contributed by atoms with Gasteiger partial charge in [-0.15, -0.1) is 0 Å². The highest BCUT2D eigenvalue weighted by Crippen LogP contribution is 2.23. The predicted octanol–water partition coefficient (Wildman–Crippen LogP) is 1.97. The molecule has 0 heterocycles. The van der Waals surface area contributed by atoms with Gasteiger partial charge < -0.3 is 15.2 Å². The minimum atomic E-state index is -1.05. The number of aliphatic carboxylic acids is 1. The average molecular weight is 279 g/mol. The summed E-state index contributed by atoms with van der Waals surface area (Å²) in [6.45, 7) is 7.62. The molecule has 1 amide bonds. The zero-order chi connectivity index (χ0) is 15.3. The molecule has 0 saturated carbocycles. The van der Waals surface area contributed by atoms with Crippen molar-refractivity contribution in [1.82, 2.24) is 5.32 Å². The maximum atomic E-state index is 11.5. The van der Waals surface area contributed by atoms with Gasteiger partial charge in [-0.2, -0.15) is 0 Å². The van der Waals surface area contributed by atoms with E-state index >= 15 is 0 Å². The summed E-state index contributed by atoms with van der Waals surface area (Å²) in [5.41, 5.74) is 3.30. The monoisotopic (exact) mass is 279 g/mol. The van der Waals surface area contributed by atoms with E-state index in [1.165, 1.54) is 6.92 Å². The first kappa shape index (κ1) is 16.0. The van der Waals surface area contributed by atoms with E-state index < -0.39 is 12.0 Å². The normalized spacial score (nSPS) is 11.8. The number of nitrogens with one attached hydrogen (secondary N) is 1. The van der Waals surface area contributed by atoms with Crippen LogP contribution in [0, 0.1) is 20.8 Å². The Morgan fingerprint density at radius 1 is 1.30 bits per heavy atom. The van der Waals surface area contributed by atoms with Crippen molar-refractivity contribution in [3.05, 3.63) is 28.8 Å². The number of carbonyl (C=O) groups excluding carboxylic acids is 1. The first-order valence-electron chi connectivity index (χ1n) is 6.54. The molecule has 1 aromatic carbocycles. The van der Waals surface area contributed by atoms with Gasteiger partial charge in [0.25, 0.3) is 0 Å². The summed E-state index contributed by atoms with van der Waals surface area (Å²) in [5, 5.41) is 11.1. The fraction of sp³-hybridized carbons (Fsp3) is 0.467. The zero-order valence-corrected chi connectivity index (χ0v) is 12.3. The number of rotatable bonds is 6. The van der Waals surface area contributed by atoms with Gasteiger partial charge in [-0.1, -0.05) is 6.07 Å². The lowest BCUT2D eigenvalue weighted by Gasteiger charge is -2.13. The van der Waals surface area contributed by atoms with Crippen molar-refractivity contribution in [3.63, 3.8) is 0 Å². The SMILES string of the molecule is Cc1cc(C)c(C)c(OCCC(=O)N[C@H](C)C(=O)O)c1. The Kier molecular flexibility index (Phi) is 5.55. The third-order valence-electron chi connectivity index (χ3n) is 3.10. The van der Waals surface area contributed by atoms with Gasteiger partial charge in [-0.05, 0) is 50.5 Å². The number of carboxylic acid groups (broad SMARTS) is 1. The highest BCUT2D eigenvalue weighted by molar-refractivity contribution is 5.83. The first-order valence-corrected chi connectivity index (χ1v) is 6.54. The molecule has 5 heteroatoms. The molecule has 2 N–H and O–H groups in total. The van der Waals surface area contributed by atoms with Crippen LogP contribution in [0.5, 0.6) is 5.75 Å². The van der Waals surface area contributed by atoms with E-state index in [4.69, 9.17) is 9.84 Å². The van der Waals surface area contributed by atoms with Crippen molar-refractivity contribution < 1.29 is 19.4 Å². The number of aryl methyl sites for hydroxylation is 2. The molecule has 20 heavy (non-hydrogen) atoms. The van der Waals surface area contributed by atoms with Crippen molar-refractivity contribution >= 4 is 11.9 Å². The quantitative estimate of drug-likeness (QED) is 0.834. The summed E-state index contributed by atoms with van der Waals surface area (Å²) >= 11 is 0. The Bertz CT molecular complexity index is 511. The summed E-state index contributed by atoms with van der Waals surface area (Å²) in [5.74, 6) is -0.618. The van der Waals surface area contributed by atoms with E-state index in [1.807, 2.05) is 26.8 Å². The molecule has 5 nitrogen and oxygen atoms in total. The molecule has 1 aromatic rings. The van der Waals surface area contributed by atoms with Crippen LogP contribution in [0.25, 0.3) is 0 Å². The minimum Gasteiger partial charge on any atom is -0.493 e. The first-order chi connectivity index (χ1) is 9.31. The smallest absolute Gasteiger partial charge is 0.325 e. The molecule has 0 aliphatic rings. The van der Waals surface area contributed by atoms with Gasteiger partial charge in [0.1, 0.15) is 11.8 Å². The Morgan fingerprint density at radius 2 is 1.95 bits per heavy atom. The zero-order valence-electron chi connectivity index (χ0n) is 12.3. The molecule has 0 aromatic heterocycles. The molecule has 0 radical (unpaired) electrons. The van der Waals surface area contributed by atoms with Gasteiger partial charge in [0.15, 0.2) is 0 Å². The lowest BCUT2D eigenvalue weighted by molar-refractivity contribution is -0.141. The summed E-state index contributed by atoms with van der Waals surface area (Å²) < 4.78 is 5.60. The summed E-state index contributed by atoms with van der Waals surface area (Å²) in [6, 6.07) is 3.12. The van der Waals surface area contributed by atoms with Gasteiger partial charge in [0.05, 0.1) is 13.0 Å². The molecule has 0 spiro atoms. The molecule has 1 rings (SSSR count). The number of amides is 1. The Balaban J connectivity index is 2.49. The topological polar surface area (TPSA) is 75.6 Å². The molecule has 0 bridgehead atoms. The molecule has 1 atom stereocenters. The summed E-state index contributed by atoms with van der Waals surface area (Å²) in [7, 11) is 0. The molecular weight excluding hydrogens is 258 g/mol. The second kappa shape index (κ2) is 6.93. The van der Waals surface area contributed by atoms with Crippen molar-refractivity contribution in [2.24, 2.45) is 0 Å². The molecular formula is C15H21NO4. The second-order valence-electron chi connectivity index (χ2n) is 4.93. The highest BCUT2D eigenvalue weighted by Gasteiger charge is 2.13. The minimum absolute atomic E-state index is 0.129. The van der Waals surface area contributed by atoms with Gasteiger partial charge in [-0.3, -0.25) is 9.59 Å². The maximum absolute atomic E-state index is 11.5. The van der Waals surface area contributed by atoms with E-state index in [1.54, 1.807) is 0 Å². The average Bonchev–Trinajstić information content (AvgIpc) is 2.34. The van der Waals surface area contributed by atoms with Crippen LogP contribution >= 0.6 is 0 Å². The van der Waals surface area contributed by atoms with Crippen molar-refractivity contribution in [2.75, 3.05) is 6.61 Å². The van der Waals surface area contributed by atoms with E-state index in [9.17, 15) is 9.59 Å². The fourth-order valence-electron chi connectivity index (χ4n) is 1.78. The van der Waals surface area contributed by atoms with Gasteiger partial charge in [-0.25, -0.2) is 0 Å². The number of benzene rings is 1. The lowest BCUT2D eigenvalue weighted by Crippen LogP contribution is -2.38. The predicted molar refractivity (Wildman–Crippen MR) is 76.0 cm³/mol. The molecule has 0 fully saturated rings. The van der Waals surface area contributed by atoms with Crippen LogP contribution in [0.3, 0.4) is 0 Å². The maximum Gasteiger partial charge on any atom is 0.325 e. The standard InChI is InChI=1S/C15H21NO4/c1-9-7-10(2)11(3)13(8-9)20-6-5-14(17)16-12(4)15(18)19/h7-8,12H,5-6H2,1-4H3,(H,16,17)(H,18,19)/t12-/m1/s1. The van der Waals surface area contributed by atoms with Crippen LogP contribution in [-0.4, -0.2) is 29.6 Å². The van der Waals surface area contributed by atoms with Crippen molar-refractivity contribution in [1.29, 1.82) is 0 Å². The van der Waals surface area contributed by atoms with Gasteiger partial charge in [0.2, 0.25) is 5.91 Å². The summed E-state index contributed by atoms with van der Waals surface area (Å²) in [4.78, 5) is 22.1. The Hall–Kier alpha value is -2.04. The third kappa shape index (κ3) is 4.57. The number of hydrogen-bond donors (Lipinski definition) is 2. The van der Waals surface area contributed by atoms with E-state index in [2.05, 4.69) is 11.4 Å². The van der Waals surface area contributed by atoms with Gasteiger partial charge >= 0.3 is 5.97 Å². The van der Waals surface area contributed by atoms with Crippen molar-refractivity contribution in [3.8, 4) is 5.75 Å². The second-order valence-corrected chi connectivity index (χ2v) is 4.93. The van der Waals surface area contributed by atoms with Crippen LogP contribution in [-0.2, 0) is 9.59 Å². The fourth-order valence-corrected chi connectivity index (χ4v) is 1.78. The lowest BCUT2D eigenvalue weighted by atomic mass is 10.1. The molecule has 0 aliphatic heterocycles. The van der Waals surface area contributed by atoms with E-state index in [0.717, 1.165) is 22.4 Å². The van der Waals surface area contributed by atoms with Crippen LogP contribution in [0.2, 0.25) is 0 Å². The third-order valence-corrected chi connectivity index (χ3v) is 3.10. The van der Waals surface area contributed by atoms with Crippen LogP contribution in [0.4, 0.5) is 0 Å². The molecule has 0 unspecified atom stereocenters. The highest BCUT2D eigenvalue weighted by atomic mass is 16.5. The Morgan fingerprint density at radius 3 is 2.55 bits per heavy atom. The number of ether oxygens (including phenoxy) is 1. The molecule has 110 valence electrons. The summed E-state index contributed by atoms with van der Waals surface area (Å²) in [6.07, 6.45) is 0.129. The number of carboxylic acids is 1. The van der Waals surface area contributed by atoms with Crippen LogP contribution in [0.1, 0.15) is 30.0 Å². The molecule has 0 saturated heterocycles. The largest absolute Gasteiger partial charge is 0.493 e. The number of carbonyl (C=O) groups is 2. The van der Waals surface area contributed by atoms with Crippen molar-refractivity contribution in [2.45, 2.75) is 40.2 Å². The Labute approximate surface area is 118 Å².